The summed E-state index contributed by atoms with van der Waals surface area (Å²) in [6.45, 7) is 0.931. The average molecular weight is 270 g/mol. The molecule has 0 amide bonds. The molecule has 19 heavy (non-hydrogen) atoms. The molecular formula is C11H14N2O6. The van der Waals surface area contributed by atoms with E-state index in [-0.39, 0.29) is 13.0 Å². The minimum atomic E-state index is -0.689. The van der Waals surface area contributed by atoms with Crippen molar-refractivity contribution in [1.29, 1.82) is 0 Å². The molecular weight excluding hydrogens is 256 g/mol. The SMILES string of the molecule is CC(=O)OC1C[C@H](n2ccc(=O)[nH]c2=O)O[C@@H]1CO. The van der Waals surface area contributed by atoms with E-state index in [2.05, 4.69) is 4.98 Å². The highest BCUT2D eigenvalue weighted by Gasteiger charge is 2.38. The number of carbonyl (C=O) groups is 1. The van der Waals surface area contributed by atoms with Crippen molar-refractivity contribution in [2.24, 2.45) is 0 Å². The maximum absolute atomic E-state index is 11.6. The van der Waals surface area contributed by atoms with E-state index in [1.807, 2.05) is 0 Å². The van der Waals surface area contributed by atoms with Gasteiger partial charge in [-0.1, -0.05) is 0 Å². The van der Waals surface area contributed by atoms with Gasteiger partial charge in [0.05, 0.1) is 6.61 Å². The van der Waals surface area contributed by atoms with Gasteiger partial charge in [-0.2, -0.15) is 0 Å². The van der Waals surface area contributed by atoms with E-state index >= 15 is 0 Å². The molecule has 3 atom stereocenters. The van der Waals surface area contributed by atoms with Gasteiger partial charge < -0.3 is 14.6 Å². The summed E-state index contributed by atoms with van der Waals surface area (Å²) in [4.78, 5) is 35.6. The highest BCUT2D eigenvalue weighted by atomic mass is 16.6. The number of aliphatic hydroxyl groups excluding tert-OH is 1. The molecule has 1 aliphatic rings. The summed E-state index contributed by atoms with van der Waals surface area (Å²) >= 11 is 0. The molecule has 0 saturated carbocycles. The predicted octanol–water partition coefficient (Wildman–Crippen LogP) is -1.25. The van der Waals surface area contributed by atoms with E-state index in [1.165, 1.54) is 23.8 Å². The zero-order valence-electron chi connectivity index (χ0n) is 10.2. The fourth-order valence-electron chi connectivity index (χ4n) is 2.03. The fraction of sp³-hybridized carbons (Fsp3) is 0.545. The van der Waals surface area contributed by atoms with Crippen LogP contribution in [-0.4, -0.2) is 39.4 Å². The molecule has 0 radical (unpaired) electrons. The number of nitrogens with one attached hydrogen (secondary N) is 1. The monoisotopic (exact) mass is 270 g/mol. The Balaban J connectivity index is 2.21. The number of aliphatic hydroxyl groups is 1. The van der Waals surface area contributed by atoms with Crippen molar-refractivity contribution in [3.63, 3.8) is 0 Å². The highest BCUT2D eigenvalue weighted by molar-refractivity contribution is 5.66. The summed E-state index contributed by atoms with van der Waals surface area (Å²) < 4.78 is 11.7. The Morgan fingerprint density at radius 2 is 2.37 bits per heavy atom. The van der Waals surface area contributed by atoms with Gasteiger partial charge in [-0.3, -0.25) is 19.1 Å². The number of carbonyl (C=O) groups excluding carboxylic acids is 1. The number of esters is 1. The van der Waals surface area contributed by atoms with Crippen molar-refractivity contribution in [2.75, 3.05) is 6.61 Å². The van der Waals surface area contributed by atoms with E-state index in [1.54, 1.807) is 0 Å². The molecule has 0 spiro atoms. The zero-order valence-corrected chi connectivity index (χ0v) is 10.2. The van der Waals surface area contributed by atoms with E-state index < -0.39 is 35.7 Å². The molecule has 2 heterocycles. The molecule has 1 fully saturated rings. The summed E-state index contributed by atoms with van der Waals surface area (Å²) in [6, 6.07) is 1.19. The third kappa shape index (κ3) is 2.91. The number of aromatic amines is 1. The Kier molecular flexibility index (Phi) is 3.82. The molecule has 0 aliphatic carbocycles. The number of aromatic nitrogens is 2. The minimum absolute atomic E-state index is 0.233. The lowest BCUT2D eigenvalue weighted by Crippen LogP contribution is -2.31. The quantitative estimate of drug-likeness (QED) is 0.664. The Labute approximate surface area is 107 Å². The van der Waals surface area contributed by atoms with Crippen LogP contribution in [0.5, 0.6) is 0 Å². The van der Waals surface area contributed by atoms with Gasteiger partial charge >= 0.3 is 11.7 Å². The molecule has 8 nitrogen and oxygen atoms in total. The molecule has 0 aromatic carbocycles. The lowest BCUT2D eigenvalue weighted by Gasteiger charge is -2.15. The molecule has 1 aromatic rings. The topological polar surface area (TPSA) is 111 Å². The first-order chi connectivity index (χ1) is 9.01. The van der Waals surface area contributed by atoms with Gasteiger partial charge in [0.25, 0.3) is 5.56 Å². The van der Waals surface area contributed by atoms with Crippen molar-refractivity contribution >= 4 is 5.97 Å². The molecule has 2 N–H and O–H groups in total. The van der Waals surface area contributed by atoms with Crippen LogP contribution >= 0.6 is 0 Å². The largest absolute Gasteiger partial charge is 0.460 e. The number of hydrogen-bond acceptors (Lipinski definition) is 6. The van der Waals surface area contributed by atoms with Crippen LogP contribution < -0.4 is 11.2 Å². The van der Waals surface area contributed by atoms with Crippen LogP contribution in [0.4, 0.5) is 0 Å². The number of H-pyrrole nitrogens is 1. The lowest BCUT2D eigenvalue weighted by atomic mass is 10.2. The second-order valence-corrected chi connectivity index (χ2v) is 4.21. The van der Waals surface area contributed by atoms with Gasteiger partial charge in [0.2, 0.25) is 0 Å². The zero-order chi connectivity index (χ0) is 14.0. The van der Waals surface area contributed by atoms with Crippen LogP contribution in [0.1, 0.15) is 19.6 Å². The smallest absolute Gasteiger partial charge is 0.330 e. The van der Waals surface area contributed by atoms with Gasteiger partial charge in [0.15, 0.2) is 0 Å². The van der Waals surface area contributed by atoms with Crippen molar-refractivity contribution in [3.05, 3.63) is 33.1 Å². The summed E-state index contributed by atoms with van der Waals surface area (Å²) in [5.74, 6) is -0.485. The van der Waals surface area contributed by atoms with Gasteiger partial charge in [0.1, 0.15) is 18.4 Å². The summed E-state index contributed by atoms with van der Waals surface area (Å²) in [5, 5.41) is 9.17. The maximum atomic E-state index is 11.6. The van der Waals surface area contributed by atoms with Crippen LogP contribution in [0.25, 0.3) is 0 Å². The van der Waals surface area contributed by atoms with E-state index in [0.29, 0.717) is 0 Å². The molecule has 0 bridgehead atoms. The third-order valence-electron chi connectivity index (χ3n) is 2.84. The summed E-state index contributed by atoms with van der Waals surface area (Å²) in [7, 11) is 0. The molecule has 1 unspecified atom stereocenters. The number of ether oxygens (including phenoxy) is 2. The maximum Gasteiger partial charge on any atom is 0.330 e. The fourth-order valence-corrected chi connectivity index (χ4v) is 2.03. The van der Waals surface area contributed by atoms with E-state index in [4.69, 9.17) is 14.6 Å². The molecule has 2 rings (SSSR count). The molecule has 1 saturated heterocycles. The van der Waals surface area contributed by atoms with Gasteiger partial charge in [0, 0.05) is 25.6 Å². The molecule has 8 heteroatoms. The minimum Gasteiger partial charge on any atom is -0.460 e. The van der Waals surface area contributed by atoms with Crippen molar-refractivity contribution < 1.29 is 19.4 Å². The molecule has 1 aromatic heterocycles. The first kappa shape index (κ1) is 13.5. The first-order valence-electron chi connectivity index (χ1n) is 5.76. The van der Waals surface area contributed by atoms with Crippen LogP contribution in [-0.2, 0) is 14.3 Å². The lowest BCUT2D eigenvalue weighted by molar-refractivity contribution is -0.150. The first-order valence-corrected chi connectivity index (χ1v) is 5.76. The van der Waals surface area contributed by atoms with Gasteiger partial charge in [-0.25, -0.2) is 4.79 Å². The van der Waals surface area contributed by atoms with Crippen LogP contribution in [0.3, 0.4) is 0 Å². The van der Waals surface area contributed by atoms with Gasteiger partial charge in [-0.05, 0) is 0 Å². The predicted molar refractivity (Wildman–Crippen MR) is 62.5 cm³/mol. The average Bonchev–Trinajstić information content (AvgIpc) is 2.71. The molecule has 1 aliphatic heterocycles. The van der Waals surface area contributed by atoms with Crippen molar-refractivity contribution in [1.82, 2.24) is 9.55 Å². The standard InChI is InChI=1S/C11H14N2O6/c1-6(15)18-7-4-10(19-8(7)5-14)13-3-2-9(16)12-11(13)17/h2-3,7-8,10,14H,4-5H2,1H3,(H,12,16,17)/t7?,8-,10-/m1/s1. The second-order valence-electron chi connectivity index (χ2n) is 4.21. The van der Waals surface area contributed by atoms with Crippen LogP contribution in [0.2, 0.25) is 0 Å². The van der Waals surface area contributed by atoms with E-state index in [9.17, 15) is 14.4 Å². The summed E-state index contributed by atoms with van der Waals surface area (Å²) in [5.41, 5.74) is -1.12. The van der Waals surface area contributed by atoms with Crippen LogP contribution in [0, 0.1) is 0 Å². The normalized spacial score (nSPS) is 26.3. The Hall–Kier alpha value is -1.93. The van der Waals surface area contributed by atoms with Gasteiger partial charge in [-0.15, -0.1) is 0 Å². The van der Waals surface area contributed by atoms with Crippen molar-refractivity contribution in [2.45, 2.75) is 31.8 Å². The third-order valence-corrected chi connectivity index (χ3v) is 2.84. The highest BCUT2D eigenvalue weighted by Crippen LogP contribution is 2.29. The Morgan fingerprint density at radius 3 is 2.95 bits per heavy atom. The summed E-state index contributed by atoms with van der Waals surface area (Å²) in [6.07, 6.45) is -0.461. The number of hydrogen-bond donors (Lipinski definition) is 2. The Bertz CT molecular complexity index is 577. The molecule has 104 valence electrons. The number of nitrogens with zero attached hydrogens (tertiary/aromatic N) is 1. The van der Waals surface area contributed by atoms with E-state index in [0.717, 1.165) is 0 Å². The van der Waals surface area contributed by atoms with Crippen molar-refractivity contribution in [3.8, 4) is 0 Å². The number of rotatable bonds is 3. The second kappa shape index (κ2) is 5.37. The Morgan fingerprint density at radius 1 is 1.63 bits per heavy atom. The van der Waals surface area contributed by atoms with Crippen LogP contribution in [0.15, 0.2) is 21.9 Å².